The molecule has 112 valence electrons. The number of amides is 2. The zero-order valence-corrected chi connectivity index (χ0v) is 12.9. The number of imide groups is 1. The summed E-state index contributed by atoms with van der Waals surface area (Å²) < 4.78 is 4.80. The second-order valence-corrected chi connectivity index (χ2v) is 5.98. The molecule has 0 N–H and O–H groups in total. The maximum absolute atomic E-state index is 12.3. The molecule has 1 aromatic carbocycles. The molecule has 0 radical (unpaired) electrons. The number of ether oxygens (including phenoxy) is 1. The van der Waals surface area contributed by atoms with Crippen molar-refractivity contribution in [2.45, 2.75) is 18.6 Å². The molecule has 0 aromatic heterocycles. The van der Waals surface area contributed by atoms with Crippen LogP contribution >= 0.6 is 23.4 Å². The van der Waals surface area contributed by atoms with Gasteiger partial charge in [-0.05, 0) is 31.2 Å². The number of hydrogen-bond acceptors (Lipinski definition) is 5. The summed E-state index contributed by atoms with van der Waals surface area (Å²) in [6.07, 6.45) is 0.0888. The van der Waals surface area contributed by atoms with E-state index in [1.54, 1.807) is 31.2 Å². The van der Waals surface area contributed by atoms with Crippen LogP contribution in [0.2, 0.25) is 5.02 Å². The molecular weight excluding hydrogens is 314 g/mol. The van der Waals surface area contributed by atoms with Crippen LogP contribution in [-0.2, 0) is 19.1 Å². The van der Waals surface area contributed by atoms with Gasteiger partial charge in [-0.1, -0.05) is 11.6 Å². The maximum Gasteiger partial charge on any atom is 0.315 e. The summed E-state index contributed by atoms with van der Waals surface area (Å²) in [4.78, 5) is 36.7. The van der Waals surface area contributed by atoms with Gasteiger partial charge in [0.1, 0.15) is 0 Å². The van der Waals surface area contributed by atoms with Crippen LogP contribution in [0.15, 0.2) is 24.3 Å². The molecule has 5 nitrogen and oxygen atoms in total. The molecule has 1 saturated heterocycles. The molecule has 0 spiro atoms. The monoisotopic (exact) mass is 327 g/mol. The van der Waals surface area contributed by atoms with Gasteiger partial charge in [-0.15, -0.1) is 11.8 Å². The van der Waals surface area contributed by atoms with Crippen molar-refractivity contribution in [1.82, 2.24) is 0 Å². The molecule has 21 heavy (non-hydrogen) atoms. The lowest BCUT2D eigenvalue weighted by Gasteiger charge is -2.14. The van der Waals surface area contributed by atoms with Crippen LogP contribution in [0.5, 0.6) is 0 Å². The molecule has 0 bridgehead atoms. The number of carbonyl (C=O) groups excluding carboxylic acids is 3. The minimum atomic E-state index is -0.544. The lowest BCUT2D eigenvalue weighted by molar-refractivity contribution is -0.139. The number of anilines is 1. The number of halogens is 1. The smallest absolute Gasteiger partial charge is 0.315 e. The quantitative estimate of drug-likeness (QED) is 0.613. The second kappa shape index (κ2) is 6.95. The molecule has 1 aliphatic rings. The van der Waals surface area contributed by atoms with Gasteiger partial charge in [0, 0.05) is 11.4 Å². The minimum Gasteiger partial charge on any atom is -0.465 e. The van der Waals surface area contributed by atoms with E-state index in [1.807, 2.05) is 0 Å². The first-order valence-corrected chi connectivity index (χ1v) is 7.85. The van der Waals surface area contributed by atoms with Crippen LogP contribution in [0.25, 0.3) is 0 Å². The van der Waals surface area contributed by atoms with Crippen LogP contribution in [-0.4, -0.2) is 35.4 Å². The first-order valence-electron chi connectivity index (χ1n) is 6.42. The third-order valence-corrected chi connectivity index (χ3v) is 4.32. The average molecular weight is 328 g/mol. The summed E-state index contributed by atoms with van der Waals surface area (Å²) in [5.41, 5.74) is 0.494. The number of benzene rings is 1. The number of nitrogens with zero attached hydrogens (tertiary/aromatic N) is 1. The zero-order valence-electron chi connectivity index (χ0n) is 11.4. The number of rotatable bonds is 5. The summed E-state index contributed by atoms with van der Waals surface area (Å²) in [7, 11) is 0. The third kappa shape index (κ3) is 3.77. The summed E-state index contributed by atoms with van der Waals surface area (Å²) in [5.74, 6) is -0.903. The highest BCUT2D eigenvalue weighted by Crippen LogP contribution is 2.30. The highest BCUT2D eigenvalue weighted by atomic mass is 35.5. The van der Waals surface area contributed by atoms with Crippen LogP contribution in [0.4, 0.5) is 5.69 Å². The van der Waals surface area contributed by atoms with E-state index >= 15 is 0 Å². The molecule has 1 aromatic rings. The van der Waals surface area contributed by atoms with Crippen molar-refractivity contribution in [3.63, 3.8) is 0 Å². The van der Waals surface area contributed by atoms with Gasteiger partial charge >= 0.3 is 5.97 Å². The molecule has 2 rings (SSSR count). The molecule has 0 saturated carbocycles. The summed E-state index contributed by atoms with van der Waals surface area (Å²) >= 11 is 6.92. The van der Waals surface area contributed by atoms with Crippen molar-refractivity contribution < 1.29 is 19.1 Å². The van der Waals surface area contributed by atoms with Gasteiger partial charge in [0.25, 0.3) is 0 Å². The summed E-state index contributed by atoms with van der Waals surface area (Å²) in [5, 5.41) is -0.0105. The minimum absolute atomic E-state index is 0.0615. The first kappa shape index (κ1) is 15.9. The Bertz CT molecular complexity index is 561. The van der Waals surface area contributed by atoms with E-state index in [4.69, 9.17) is 16.3 Å². The Morgan fingerprint density at radius 2 is 2.05 bits per heavy atom. The highest BCUT2D eigenvalue weighted by Gasteiger charge is 2.40. The Labute approximate surface area is 131 Å². The Hall–Kier alpha value is -1.53. The molecule has 0 aliphatic carbocycles. The number of hydrogen-bond donors (Lipinski definition) is 0. The predicted molar refractivity (Wildman–Crippen MR) is 81.4 cm³/mol. The summed E-state index contributed by atoms with van der Waals surface area (Å²) in [6.45, 7) is 2.02. The maximum atomic E-state index is 12.3. The van der Waals surface area contributed by atoms with Crippen LogP contribution in [0.3, 0.4) is 0 Å². The van der Waals surface area contributed by atoms with Crippen molar-refractivity contribution in [1.29, 1.82) is 0 Å². The summed E-state index contributed by atoms with van der Waals surface area (Å²) in [6, 6.07) is 6.49. The van der Waals surface area contributed by atoms with Crippen LogP contribution in [0, 0.1) is 0 Å². The standard InChI is InChI=1S/C14H14ClNO4S/c1-2-20-13(18)8-21-11-7-12(17)16(14(11)19)10-5-3-9(15)4-6-10/h3-6,11H,2,7-8H2,1H3/t11-/m0/s1. The van der Waals surface area contributed by atoms with Gasteiger partial charge in [-0.3, -0.25) is 14.4 Å². The molecule has 1 fully saturated rings. The van der Waals surface area contributed by atoms with Gasteiger partial charge in [0.05, 0.1) is 23.3 Å². The Balaban J connectivity index is 2.03. The highest BCUT2D eigenvalue weighted by molar-refractivity contribution is 8.01. The van der Waals surface area contributed by atoms with Gasteiger partial charge in [0.15, 0.2) is 0 Å². The fourth-order valence-corrected chi connectivity index (χ4v) is 3.02. The van der Waals surface area contributed by atoms with Crippen molar-refractivity contribution in [3.8, 4) is 0 Å². The molecule has 1 heterocycles. The Morgan fingerprint density at radius 3 is 2.67 bits per heavy atom. The van der Waals surface area contributed by atoms with E-state index < -0.39 is 5.25 Å². The van der Waals surface area contributed by atoms with Gasteiger partial charge in [-0.25, -0.2) is 4.90 Å². The fourth-order valence-electron chi connectivity index (χ4n) is 1.97. The van der Waals surface area contributed by atoms with E-state index in [-0.39, 0.29) is 30.0 Å². The first-order chi connectivity index (χ1) is 10.0. The van der Waals surface area contributed by atoms with Crippen LogP contribution < -0.4 is 4.90 Å². The van der Waals surface area contributed by atoms with E-state index in [1.165, 1.54) is 0 Å². The molecule has 1 atom stereocenters. The molecule has 2 amide bonds. The van der Waals surface area contributed by atoms with Crippen molar-refractivity contribution in [3.05, 3.63) is 29.3 Å². The van der Waals surface area contributed by atoms with Gasteiger partial charge < -0.3 is 4.74 Å². The number of esters is 1. The predicted octanol–water partition coefficient (Wildman–Crippen LogP) is 2.27. The third-order valence-electron chi connectivity index (χ3n) is 2.90. The van der Waals surface area contributed by atoms with E-state index in [0.29, 0.717) is 17.3 Å². The Morgan fingerprint density at radius 1 is 1.38 bits per heavy atom. The molecule has 0 unspecified atom stereocenters. The van der Waals surface area contributed by atoms with Gasteiger partial charge in [0.2, 0.25) is 11.8 Å². The van der Waals surface area contributed by atoms with Crippen molar-refractivity contribution in [2.75, 3.05) is 17.3 Å². The zero-order chi connectivity index (χ0) is 15.4. The topological polar surface area (TPSA) is 63.7 Å². The van der Waals surface area contributed by atoms with Crippen LogP contribution in [0.1, 0.15) is 13.3 Å². The van der Waals surface area contributed by atoms with Crippen molar-refractivity contribution >= 4 is 46.8 Å². The molecular formula is C14H14ClNO4S. The number of thioether (sulfide) groups is 1. The lowest BCUT2D eigenvalue weighted by atomic mass is 10.3. The molecule has 1 aliphatic heterocycles. The number of carbonyl (C=O) groups is 3. The van der Waals surface area contributed by atoms with Gasteiger partial charge in [-0.2, -0.15) is 0 Å². The fraction of sp³-hybridized carbons (Fsp3) is 0.357. The van der Waals surface area contributed by atoms with E-state index in [0.717, 1.165) is 16.7 Å². The molecule has 7 heteroatoms. The average Bonchev–Trinajstić information content (AvgIpc) is 2.73. The SMILES string of the molecule is CCOC(=O)CS[C@H]1CC(=O)N(c2ccc(Cl)cc2)C1=O. The lowest BCUT2D eigenvalue weighted by Crippen LogP contribution is -2.31. The second-order valence-electron chi connectivity index (χ2n) is 4.35. The normalized spacial score (nSPS) is 18.2. The van der Waals surface area contributed by atoms with E-state index in [9.17, 15) is 14.4 Å². The largest absolute Gasteiger partial charge is 0.465 e. The van der Waals surface area contributed by atoms with Crippen molar-refractivity contribution in [2.24, 2.45) is 0 Å². The Kier molecular flexibility index (Phi) is 5.25. The van der Waals surface area contributed by atoms with E-state index in [2.05, 4.69) is 0 Å².